The first kappa shape index (κ1) is 23.3. The first-order chi connectivity index (χ1) is 15.4. The molecule has 9 heteroatoms. The van der Waals surface area contributed by atoms with Crippen molar-refractivity contribution in [2.75, 3.05) is 39.4 Å². The molecule has 4 fully saturated rings. The predicted molar refractivity (Wildman–Crippen MR) is 120 cm³/mol. The molecule has 4 amide bonds. The quantitative estimate of drug-likeness (QED) is 0.531. The highest BCUT2D eigenvalue weighted by molar-refractivity contribution is 5.90. The average Bonchev–Trinajstić information content (AvgIpc) is 3.54. The summed E-state index contributed by atoms with van der Waals surface area (Å²) in [6, 6.07) is -0.648. The molecule has 0 radical (unpaired) electrons. The van der Waals surface area contributed by atoms with Crippen LogP contribution in [-0.2, 0) is 14.3 Å². The zero-order valence-corrected chi connectivity index (χ0v) is 19.5. The van der Waals surface area contributed by atoms with Crippen LogP contribution in [0.2, 0.25) is 0 Å². The van der Waals surface area contributed by atoms with E-state index in [2.05, 4.69) is 20.9 Å². The Bertz CT molecular complexity index is 692. The number of ether oxygens (including phenoxy) is 1. The summed E-state index contributed by atoms with van der Waals surface area (Å²) in [4.78, 5) is 42.3. The van der Waals surface area contributed by atoms with Gasteiger partial charge in [0.25, 0.3) is 0 Å². The summed E-state index contributed by atoms with van der Waals surface area (Å²) in [5.41, 5.74) is 0. The zero-order chi connectivity index (χ0) is 22.7. The van der Waals surface area contributed by atoms with Gasteiger partial charge in [0.15, 0.2) is 0 Å². The number of amides is 4. The monoisotopic (exact) mass is 449 g/mol. The van der Waals surface area contributed by atoms with Crippen molar-refractivity contribution in [3.05, 3.63) is 0 Å². The highest BCUT2D eigenvalue weighted by Crippen LogP contribution is 2.30. The maximum absolute atomic E-state index is 13.4. The lowest BCUT2D eigenvalue weighted by Gasteiger charge is -2.28. The van der Waals surface area contributed by atoms with Crippen molar-refractivity contribution in [1.82, 2.24) is 25.8 Å². The molecule has 3 atom stereocenters. The number of urea groups is 1. The van der Waals surface area contributed by atoms with Crippen LogP contribution in [0.15, 0.2) is 0 Å². The lowest BCUT2D eigenvalue weighted by atomic mass is 9.96. The number of carbonyl (C=O) groups is 3. The molecule has 3 heterocycles. The molecule has 3 aliphatic heterocycles. The molecule has 3 N–H and O–H groups in total. The van der Waals surface area contributed by atoms with E-state index in [-0.39, 0.29) is 41.9 Å². The summed E-state index contributed by atoms with van der Waals surface area (Å²) < 4.78 is 5.49. The van der Waals surface area contributed by atoms with Gasteiger partial charge < -0.3 is 25.6 Å². The van der Waals surface area contributed by atoms with E-state index >= 15 is 0 Å². The van der Waals surface area contributed by atoms with Crippen LogP contribution < -0.4 is 16.0 Å². The van der Waals surface area contributed by atoms with Gasteiger partial charge in [-0.2, -0.15) is 0 Å². The van der Waals surface area contributed by atoms with Gasteiger partial charge in [-0.3, -0.25) is 14.5 Å². The Morgan fingerprint density at radius 2 is 1.81 bits per heavy atom. The molecule has 180 valence electrons. The van der Waals surface area contributed by atoms with Crippen LogP contribution in [0.4, 0.5) is 4.79 Å². The molecule has 4 rings (SSSR count). The lowest BCUT2D eigenvalue weighted by Crippen LogP contribution is -2.52. The van der Waals surface area contributed by atoms with Gasteiger partial charge in [-0.05, 0) is 64.8 Å². The number of nitrogens with one attached hydrogen (secondary N) is 3. The van der Waals surface area contributed by atoms with Crippen LogP contribution >= 0.6 is 0 Å². The number of carbonyl (C=O) groups excluding carboxylic acids is 3. The molecular formula is C23H39N5O4. The van der Waals surface area contributed by atoms with Gasteiger partial charge in [-0.1, -0.05) is 0 Å². The number of hydrogen-bond donors (Lipinski definition) is 3. The minimum Gasteiger partial charge on any atom is -0.381 e. The molecule has 3 saturated heterocycles. The van der Waals surface area contributed by atoms with Gasteiger partial charge >= 0.3 is 6.03 Å². The maximum atomic E-state index is 13.4. The van der Waals surface area contributed by atoms with E-state index in [1.807, 2.05) is 18.7 Å². The van der Waals surface area contributed by atoms with Gasteiger partial charge in [0.05, 0.1) is 6.04 Å². The predicted octanol–water partition coefficient (Wildman–Crippen LogP) is 0.691. The normalized spacial score (nSPS) is 29.5. The number of hydrogen-bond acceptors (Lipinski definition) is 5. The third kappa shape index (κ3) is 6.13. The molecular weight excluding hydrogens is 410 g/mol. The Labute approximate surface area is 191 Å². The van der Waals surface area contributed by atoms with Crippen LogP contribution in [0, 0.1) is 11.8 Å². The molecule has 0 aromatic carbocycles. The van der Waals surface area contributed by atoms with Crippen molar-refractivity contribution < 1.29 is 19.1 Å². The molecule has 4 aliphatic rings. The van der Waals surface area contributed by atoms with Gasteiger partial charge in [-0.15, -0.1) is 0 Å². The van der Waals surface area contributed by atoms with E-state index in [1.165, 1.54) is 0 Å². The van der Waals surface area contributed by atoms with E-state index in [9.17, 15) is 14.4 Å². The van der Waals surface area contributed by atoms with Crippen molar-refractivity contribution in [3.8, 4) is 0 Å². The van der Waals surface area contributed by atoms with Crippen LogP contribution in [0.3, 0.4) is 0 Å². The third-order valence-corrected chi connectivity index (χ3v) is 7.12. The highest BCUT2D eigenvalue weighted by atomic mass is 16.5. The van der Waals surface area contributed by atoms with Gasteiger partial charge in [0.2, 0.25) is 11.8 Å². The topological polar surface area (TPSA) is 103 Å². The van der Waals surface area contributed by atoms with E-state index in [4.69, 9.17) is 4.74 Å². The summed E-state index contributed by atoms with van der Waals surface area (Å²) in [6.07, 6.45) is 5.87. The van der Waals surface area contributed by atoms with E-state index in [0.29, 0.717) is 19.0 Å². The second-order valence-electron chi connectivity index (χ2n) is 10.3. The summed E-state index contributed by atoms with van der Waals surface area (Å²) in [5, 5.41) is 8.93. The second-order valence-corrected chi connectivity index (χ2v) is 10.3. The van der Waals surface area contributed by atoms with Gasteiger partial charge in [0.1, 0.15) is 6.04 Å². The number of rotatable bonds is 7. The maximum Gasteiger partial charge on any atom is 0.315 e. The molecule has 0 aromatic heterocycles. The molecule has 1 saturated carbocycles. The molecule has 9 nitrogen and oxygen atoms in total. The molecule has 0 unspecified atom stereocenters. The summed E-state index contributed by atoms with van der Waals surface area (Å²) in [6.45, 7) is 8.30. The van der Waals surface area contributed by atoms with Gasteiger partial charge in [0, 0.05) is 50.8 Å². The van der Waals surface area contributed by atoms with Crippen LogP contribution in [0.25, 0.3) is 0 Å². The van der Waals surface area contributed by atoms with E-state index < -0.39 is 6.04 Å². The van der Waals surface area contributed by atoms with Crippen molar-refractivity contribution in [2.45, 2.75) is 76.5 Å². The Kier molecular flexibility index (Phi) is 7.55. The summed E-state index contributed by atoms with van der Waals surface area (Å²) in [7, 11) is 0. The van der Waals surface area contributed by atoms with Crippen molar-refractivity contribution in [2.24, 2.45) is 11.8 Å². The van der Waals surface area contributed by atoms with Crippen molar-refractivity contribution in [3.63, 3.8) is 0 Å². The highest BCUT2D eigenvalue weighted by Gasteiger charge is 2.44. The molecule has 32 heavy (non-hydrogen) atoms. The Morgan fingerprint density at radius 1 is 1.06 bits per heavy atom. The third-order valence-electron chi connectivity index (χ3n) is 7.12. The first-order valence-corrected chi connectivity index (χ1v) is 12.4. The minimum atomic E-state index is -0.508. The largest absolute Gasteiger partial charge is 0.381 e. The molecule has 0 aromatic rings. The standard InChI is InChI=1S/C23H39N5O4/c1-15(2)24-23(31)25-18-11-19-13-27(8-5-16-6-9-32-10-7-16)14-20(22(30)28(19)12-18)26-21(29)17-3-4-17/h15-20H,3-14H2,1-2H3,(H,26,29)(H2,24,25,31)/t18-,19-,20-/m0/s1. The average molecular weight is 450 g/mol. The Balaban J connectivity index is 1.40. The molecule has 0 bridgehead atoms. The fourth-order valence-electron chi connectivity index (χ4n) is 5.19. The van der Waals surface area contributed by atoms with E-state index in [1.54, 1.807) is 0 Å². The Morgan fingerprint density at radius 3 is 2.50 bits per heavy atom. The fraction of sp³-hybridized carbons (Fsp3) is 0.870. The SMILES string of the molecule is CC(C)NC(=O)N[C@H]1C[C@H]2CN(CCC3CCOCC3)C[C@H](NC(=O)C3CC3)C(=O)N2C1. The zero-order valence-electron chi connectivity index (χ0n) is 19.5. The second kappa shape index (κ2) is 10.4. The summed E-state index contributed by atoms with van der Waals surface area (Å²) in [5.74, 6) is 0.740. The number of nitrogens with zero attached hydrogens (tertiary/aromatic N) is 2. The Hall–Kier alpha value is -1.87. The van der Waals surface area contributed by atoms with Crippen molar-refractivity contribution in [1.29, 1.82) is 0 Å². The van der Waals surface area contributed by atoms with Gasteiger partial charge in [-0.25, -0.2) is 4.79 Å². The van der Waals surface area contributed by atoms with Crippen LogP contribution in [0.5, 0.6) is 0 Å². The molecule has 0 spiro atoms. The number of fused-ring (bicyclic) bond motifs is 1. The van der Waals surface area contributed by atoms with Crippen LogP contribution in [0.1, 0.15) is 52.4 Å². The summed E-state index contributed by atoms with van der Waals surface area (Å²) >= 11 is 0. The van der Waals surface area contributed by atoms with E-state index in [0.717, 1.165) is 64.8 Å². The molecule has 1 aliphatic carbocycles. The van der Waals surface area contributed by atoms with Crippen LogP contribution in [-0.4, -0.2) is 91.2 Å². The lowest BCUT2D eigenvalue weighted by molar-refractivity contribution is -0.136. The smallest absolute Gasteiger partial charge is 0.315 e. The first-order valence-electron chi connectivity index (χ1n) is 12.4. The fourth-order valence-corrected chi connectivity index (χ4v) is 5.19. The van der Waals surface area contributed by atoms with Crippen molar-refractivity contribution >= 4 is 17.8 Å². The minimum absolute atomic E-state index is 0.00821.